The Bertz CT molecular complexity index is 970. The van der Waals surface area contributed by atoms with E-state index in [1.807, 2.05) is 42.4 Å². The maximum Gasteiger partial charge on any atom is 0.321 e. The number of urea groups is 1. The highest BCUT2D eigenvalue weighted by atomic mass is 35.5. The normalized spacial score (nSPS) is 17.3. The molecule has 1 aliphatic rings. The highest BCUT2D eigenvalue weighted by Gasteiger charge is 2.24. The van der Waals surface area contributed by atoms with Crippen LogP contribution in [0.2, 0.25) is 5.02 Å². The molecule has 0 bridgehead atoms. The molecule has 1 N–H and O–H groups in total. The summed E-state index contributed by atoms with van der Waals surface area (Å²) in [7, 11) is 0. The van der Waals surface area contributed by atoms with Crippen LogP contribution in [0.5, 0.6) is 0 Å². The van der Waals surface area contributed by atoms with Crippen molar-refractivity contribution in [1.29, 1.82) is 0 Å². The molecule has 3 aromatic rings. The number of nitrogens with zero attached hydrogens (tertiary/aromatic N) is 4. The van der Waals surface area contributed by atoms with Crippen molar-refractivity contribution in [1.82, 2.24) is 19.4 Å². The number of nitrogens with one attached hydrogen (secondary N) is 1. The Kier molecular flexibility index (Phi) is 4.99. The molecule has 1 saturated heterocycles. The van der Waals surface area contributed by atoms with Gasteiger partial charge in [0.25, 0.3) is 0 Å². The van der Waals surface area contributed by atoms with Gasteiger partial charge in [0.05, 0.1) is 6.33 Å². The number of imidazole rings is 1. The number of halogens is 1. The summed E-state index contributed by atoms with van der Waals surface area (Å²) in [4.78, 5) is 23.5. The van der Waals surface area contributed by atoms with Crippen molar-refractivity contribution in [3.8, 4) is 0 Å². The Labute approximate surface area is 163 Å². The lowest BCUT2D eigenvalue weighted by atomic mass is 9.98. The standard InChI is InChI=1S/C20H22ClN5O/c1-14-10-16(21)6-7-17(14)24-20(27)25-9-3-4-15(11-25)12-26-13-23-18-5-2-8-22-19(18)26/h2,5-8,10,13,15H,3-4,9,11-12H2,1H3,(H,24,27). The molecule has 2 aromatic heterocycles. The number of benzene rings is 1. The number of aryl methyl sites for hydroxylation is 1. The van der Waals surface area contributed by atoms with Crippen molar-refractivity contribution < 1.29 is 4.79 Å². The fourth-order valence-electron chi connectivity index (χ4n) is 3.67. The third kappa shape index (κ3) is 3.90. The molecule has 3 heterocycles. The van der Waals surface area contributed by atoms with Crippen LogP contribution in [-0.2, 0) is 6.54 Å². The van der Waals surface area contributed by atoms with E-state index < -0.39 is 0 Å². The van der Waals surface area contributed by atoms with Crippen molar-refractivity contribution in [3.63, 3.8) is 0 Å². The molecule has 1 unspecified atom stereocenters. The van der Waals surface area contributed by atoms with E-state index in [1.165, 1.54) is 0 Å². The molecule has 1 atom stereocenters. The van der Waals surface area contributed by atoms with Crippen LogP contribution in [0.15, 0.2) is 42.9 Å². The Morgan fingerprint density at radius 1 is 1.33 bits per heavy atom. The maximum atomic E-state index is 12.7. The van der Waals surface area contributed by atoms with Gasteiger partial charge in [-0.05, 0) is 61.6 Å². The second-order valence-corrected chi connectivity index (χ2v) is 7.52. The molecular weight excluding hydrogens is 362 g/mol. The molecule has 140 valence electrons. The van der Waals surface area contributed by atoms with Gasteiger partial charge in [-0.15, -0.1) is 0 Å². The molecular formula is C20H22ClN5O. The van der Waals surface area contributed by atoms with Crippen LogP contribution in [0.1, 0.15) is 18.4 Å². The van der Waals surface area contributed by atoms with E-state index in [4.69, 9.17) is 11.6 Å². The number of amides is 2. The zero-order valence-corrected chi connectivity index (χ0v) is 16.0. The second-order valence-electron chi connectivity index (χ2n) is 7.09. The summed E-state index contributed by atoms with van der Waals surface area (Å²) < 4.78 is 2.09. The molecule has 0 spiro atoms. The first kappa shape index (κ1) is 17.8. The molecule has 1 aromatic carbocycles. The van der Waals surface area contributed by atoms with Crippen LogP contribution in [0.4, 0.5) is 10.5 Å². The predicted molar refractivity (Wildman–Crippen MR) is 107 cm³/mol. The van der Waals surface area contributed by atoms with Crippen molar-refractivity contribution >= 4 is 34.5 Å². The number of likely N-dealkylation sites (tertiary alicyclic amines) is 1. The monoisotopic (exact) mass is 383 g/mol. The minimum atomic E-state index is -0.0567. The van der Waals surface area contributed by atoms with Crippen LogP contribution in [0.3, 0.4) is 0 Å². The lowest BCUT2D eigenvalue weighted by Gasteiger charge is -2.33. The van der Waals surface area contributed by atoms with E-state index >= 15 is 0 Å². The third-order valence-corrected chi connectivity index (χ3v) is 5.30. The summed E-state index contributed by atoms with van der Waals surface area (Å²) in [6.07, 6.45) is 5.72. The highest BCUT2D eigenvalue weighted by Crippen LogP contribution is 2.23. The number of aromatic nitrogens is 3. The van der Waals surface area contributed by atoms with Gasteiger partial charge in [0.1, 0.15) is 5.52 Å². The molecule has 6 nitrogen and oxygen atoms in total. The quantitative estimate of drug-likeness (QED) is 0.731. The number of anilines is 1. The number of carbonyl (C=O) groups excluding carboxylic acids is 1. The first-order chi connectivity index (χ1) is 13.1. The van der Waals surface area contributed by atoms with Gasteiger partial charge in [-0.3, -0.25) is 0 Å². The van der Waals surface area contributed by atoms with Gasteiger partial charge in [0.15, 0.2) is 5.65 Å². The van der Waals surface area contributed by atoms with E-state index in [9.17, 15) is 4.79 Å². The van der Waals surface area contributed by atoms with Crippen LogP contribution in [-0.4, -0.2) is 38.6 Å². The summed E-state index contributed by atoms with van der Waals surface area (Å²) in [5.74, 6) is 0.384. The number of pyridine rings is 1. The SMILES string of the molecule is Cc1cc(Cl)ccc1NC(=O)N1CCCC(Cn2cnc3cccnc32)C1. The summed E-state index contributed by atoms with van der Waals surface area (Å²) in [6, 6.07) is 9.30. The molecule has 1 fully saturated rings. The lowest BCUT2D eigenvalue weighted by Crippen LogP contribution is -2.43. The third-order valence-electron chi connectivity index (χ3n) is 5.07. The average Bonchev–Trinajstić information content (AvgIpc) is 3.07. The number of piperidine rings is 1. The van der Waals surface area contributed by atoms with Crippen LogP contribution in [0, 0.1) is 12.8 Å². The van der Waals surface area contributed by atoms with E-state index in [1.54, 1.807) is 12.3 Å². The van der Waals surface area contributed by atoms with E-state index in [0.717, 1.165) is 54.9 Å². The minimum absolute atomic E-state index is 0.0567. The molecule has 1 aliphatic heterocycles. The van der Waals surface area contributed by atoms with Gasteiger partial charge < -0.3 is 14.8 Å². The predicted octanol–water partition coefficient (Wildman–Crippen LogP) is 4.34. The fraction of sp³-hybridized carbons (Fsp3) is 0.350. The zero-order chi connectivity index (χ0) is 18.8. The Balaban J connectivity index is 1.42. The topological polar surface area (TPSA) is 63.1 Å². The number of hydrogen-bond donors (Lipinski definition) is 1. The van der Waals surface area contributed by atoms with Gasteiger partial charge in [0, 0.05) is 36.5 Å². The molecule has 4 rings (SSSR count). The van der Waals surface area contributed by atoms with Crippen molar-refractivity contribution in [3.05, 3.63) is 53.4 Å². The fourth-order valence-corrected chi connectivity index (χ4v) is 3.90. The number of rotatable bonds is 3. The van der Waals surface area contributed by atoms with Crippen LogP contribution < -0.4 is 5.32 Å². The molecule has 27 heavy (non-hydrogen) atoms. The van der Waals surface area contributed by atoms with Gasteiger partial charge >= 0.3 is 6.03 Å². The maximum absolute atomic E-state index is 12.7. The van der Waals surface area contributed by atoms with Gasteiger partial charge in [-0.2, -0.15) is 0 Å². The van der Waals surface area contributed by atoms with Crippen molar-refractivity contribution in [2.24, 2.45) is 5.92 Å². The van der Waals surface area contributed by atoms with E-state index in [2.05, 4.69) is 19.9 Å². The highest BCUT2D eigenvalue weighted by molar-refractivity contribution is 6.30. The molecule has 0 aliphatic carbocycles. The molecule has 2 amide bonds. The Hall–Kier alpha value is -2.60. The van der Waals surface area contributed by atoms with Gasteiger partial charge in [-0.1, -0.05) is 11.6 Å². The largest absolute Gasteiger partial charge is 0.324 e. The van der Waals surface area contributed by atoms with Gasteiger partial charge in [0.2, 0.25) is 0 Å². The first-order valence-corrected chi connectivity index (χ1v) is 9.56. The molecule has 7 heteroatoms. The summed E-state index contributed by atoms with van der Waals surface area (Å²) >= 11 is 5.99. The number of hydrogen-bond acceptors (Lipinski definition) is 3. The average molecular weight is 384 g/mol. The van der Waals surface area contributed by atoms with E-state index in [-0.39, 0.29) is 6.03 Å². The van der Waals surface area contributed by atoms with Gasteiger partial charge in [-0.25, -0.2) is 14.8 Å². The number of fused-ring (bicyclic) bond motifs is 1. The van der Waals surface area contributed by atoms with Crippen LogP contribution >= 0.6 is 11.6 Å². The zero-order valence-electron chi connectivity index (χ0n) is 15.2. The molecule has 0 radical (unpaired) electrons. The lowest BCUT2D eigenvalue weighted by molar-refractivity contribution is 0.171. The van der Waals surface area contributed by atoms with Crippen LogP contribution in [0.25, 0.3) is 11.2 Å². The summed E-state index contributed by atoms with van der Waals surface area (Å²) in [5.41, 5.74) is 3.56. The van der Waals surface area contributed by atoms with Crippen molar-refractivity contribution in [2.75, 3.05) is 18.4 Å². The Morgan fingerprint density at radius 3 is 3.07 bits per heavy atom. The summed E-state index contributed by atoms with van der Waals surface area (Å²) in [6.45, 7) is 4.26. The smallest absolute Gasteiger partial charge is 0.321 e. The first-order valence-electron chi connectivity index (χ1n) is 9.18. The molecule has 0 saturated carbocycles. The Morgan fingerprint density at radius 2 is 2.22 bits per heavy atom. The number of carbonyl (C=O) groups is 1. The second kappa shape index (κ2) is 7.56. The van der Waals surface area contributed by atoms with E-state index in [0.29, 0.717) is 10.9 Å². The minimum Gasteiger partial charge on any atom is -0.324 e. The van der Waals surface area contributed by atoms with Crippen molar-refractivity contribution in [2.45, 2.75) is 26.3 Å². The summed E-state index contributed by atoms with van der Waals surface area (Å²) in [5, 5.41) is 3.68.